The first-order chi connectivity index (χ1) is 9.70. The average molecular weight is 329 g/mol. The van der Waals surface area contributed by atoms with E-state index in [0.29, 0.717) is 5.95 Å². The molecule has 3 rings (SSSR count). The lowest BCUT2D eigenvalue weighted by atomic mass is 10.2. The standard InChI is InChI=1S/C15H13BrN4/c1-10-5-6-13-14(7-10)19-15(18-13)20-17-9-11-3-2-4-12(16)8-11/h2-9H,1H3,(H2,18,19,20)/b17-9-. The van der Waals surface area contributed by atoms with Crippen molar-refractivity contribution >= 4 is 39.1 Å². The zero-order valence-corrected chi connectivity index (χ0v) is 12.5. The molecule has 3 aromatic rings. The van der Waals surface area contributed by atoms with Gasteiger partial charge in [0, 0.05) is 4.47 Å². The number of hydrogen-bond donors (Lipinski definition) is 2. The summed E-state index contributed by atoms with van der Waals surface area (Å²) in [5, 5.41) is 4.18. The highest BCUT2D eigenvalue weighted by Crippen LogP contribution is 2.15. The molecule has 0 amide bonds. The number of anilines is 1. The Morgan fingerprint density at radius 1 is 1.25 bits per heavy atom. The minimum absolute atomic E-state index is 0.636. The van der Waals surface area contributed by atoms with Crippen LogP contribution in [0.2, 0.25) is 0 Å². The molecule has 2 N–H and O–H groups in total. The molecule has 0 fully saturated rings. The predicted octanol–water partition coefficient (Wildman–Crippen LogP) is 4.08. The third-order valence-electron chi connectivity index (χ3n) is 2.87. The smallest absolute Gasteiger partial charge is 0.222 e. The fourth-order valence-electron chi connectivity index (χ4n) is 1.93. The molecule has 100 valence electrons. The molecule has 0 aliphatic carbocycles. The van der Waals surface area contributed by atoms with Crippen LogP contribution in [-0.2, 0) is 0 Å². The van der Waals surface area contributed by atoms with E-state index in [1.807, 2.05) is 36.4 Å². The van der Waals surface area contributed by atoms with Gasteiger partial charge in [0.15, 0.2) is 0 Å². The minimum Gasteiger partial charge on any atom is -0.323 e. The second-order valence-corrected chi connectivity index (χ2v) is 5.45. The molecule has 1 aromatic heterocycles. The van der Waals surface area contributed by atoms with Gasteiger partial charge in [0.25, 0.3) is 0 Å². The molecule has 2 aromatic carbocycles. The van der Waals surface area contributed by atoms with E-state index in [9.17, 15) is 0 Å². The molecular formula is C15H13BrN4. The van der Waals surface area contributed by atoms with E-state index in [0.717, 1.165) is 21.1 Å². The number of rotatable bonds is 3. The van der Waals surface area contributed by atoms with Gasteiger partial charge < -0.3 is 4.98 Å². The first-order valence-electron chi connectivity index (χ1n) is 6.22. The fraction of sp³-hybridized carbons (Fsp3) is 0.0667. The van der Waals surface area contributed by atoms with Gasteiger partial charge in [0.1, 0.15) is 0 Å². The maximum atomic E-state index is 4.41. The summed E-state index contributed by atoms with van der Waals surface area (Å²) in [5.74, 6) is 0.636. The zero-order valence-electron chi connectivity index (χ0n) is 10.9. The van der Waals surface area contributed by atoms with E-state index in [-0.39, 0.29) is 0 Å². The maximum Gasteiger partial charge on any atom is 0.222 e. The molecular weight excluding hydrogens is 316 g/mol. The van der Waals surface area contributed by atoms with Gasteiger partial charge in [-0.05, 0) is 42.3 Å². The molecule has 0 aliphatic heterocycles. The number of fused-ring (bicyclic) bond motifs is 1. The monoisotopic (exact) mass is 328 g/mol. The van der Waals surface area contributed by atoms with Crippen LogP contribution in [0.4, 0.5) is 5.95 Å². The lowest BCUT2D eigenvalue weighted by Crippen LogP contribution is -1.92. The van der Waals surface area contributed by atoms with E-state index in [1.54, 1.807) is 6.21 Å². The van der Waals surface area contributed by atoms with E-state index in [2.05, 4.69) is 49.4 Å². The molecule has 0 aliphatic rings. The van der Waals surface area contributed by atoms with Gasteiger partial charge in [0.2, 0.25) is 5.95 Å². The van der Waals surface area contributed by atoms with E-state index in [4.69, 9.17) is 0 Å². The Labute approximate surface area is 125 Å². The quantitative estimate of drug-likeness (QED) is 0.562. The molecule has 1 heterocycles. The summed E-state index contributed by atoms with van der Waals surface area (Å²) in [6, 6.07) is 14.0. The Morgan fingerprint density at radius 3 is 3.00 bits per heavy atom. The summed E-state index contributed by atoms with van der Waals surface area (Å²) < 4.78 is 1.03. The summed E-state index contributed by atoms with van der Waals surface area (Å²) in [4.78, 5) is 7.60. The van der Waals surface area contributed by atoms with E-state index < -0.39 is 0 Å². The summed E-state index contributed by atoms with van der Waals surface area (Å²) in [6.45, 7) is 2.05. The molecule has 4 nitrogen and oxygen atoms in total. The number of hydrazone groups is 1. The molecule has 0 radical (unpaired) electrons. The highest BCUT2D eigenvalue weighted by Gasteiger charge is 2.00. The van der Waals surface area contributed by atoms with Crippen molar-refractivity contribution in [3.63, 3.8) is 0 Å². The van der Waals surface area contributed by atoms with Gasteiger partial charge in [-0.2, -0.15) is 5.10 Å². The molecule has 0 spiro atoms. The molecule has 20 heavy (non-hydrogen) atoms. The normalized spacial score (nSPS) is 11.3. The Bertz CT molecular complexity index is 776. The number of aromatic amines is 1. The maximum absolute atomic E-state index is 4.41. The Kier molecular flexibility index (Phi) is 3.52. The Morgan fingerprint density at radius 2 is 2.15 bits per heavy atom. The molecule has 0 saturated carbocycles. The number of aryl methyl sites for hydroxylation is 1. The van der Waals surface area contributed by atoms with Crippen LogP contribution in [0.15, 0.2) is 52.0 Å². The van der Waals surface area contributed by atoms with Crippen molar-refractivity contribution in [3.8, 4) is 0 Å². The Balaban J connectivity index is 1.76. The SMILES string of the molecule is Cc1ccc2nc(N/N=C\c3cccc(Br)c3)[nH]c2c1. The minimum atomic E-state index is 0.636. The first-order valence-corrected chi connectivity index (χ1v) is 7.01. The molecule has 0 bridgehead atoms. The van der Waals surface area contributed by atoms with Crippen LogP contribution >= 0.6 is 15.9 Å². The summed E-state index contributed by atoms with van der Waals surface area (Å²) >= 11 is 3.43. The molecule has 0 unspecified atom stereocenters. The molecule has 5 heteroatoms. The van der Waals surface area contributed by atoms with Crippen molar-refractivity contribution in [2.24, 2.45) is 5.10 Å². The fourth-order valence-corrected chi connectivity index (χ4v) is 2.35. The highest BCUT2D eigenvalue weighted by molar-refractivity contribution is 9.10. The number of halogens is 1. The van der Waals surface area contributed by atoms with E-state index in [1.165, 1.54) is 5.56 Å². The number of hydrogen-bond acceptors (Lipinski definition) is 3. The number of aromatic nitrogens is 2. The van der Waals surface area contributed by atoms with Crippen molar-refractivity contribution in [2.45, 2.75) is 6.92 Å². The van der Waals surface area contributed by atoms with Crippen LogP contribution in [0.5, 0.6) is 0 Å². The van der Waals surface area contributed by atoms with Crippen LogP contribution in [0.3, 0.4) is 0 Å². The van der Waals surface area contributed by atoms with Crippen molar-refractivity contribution < 1.29 is 0 Å². The highest BCUT2D eigenvalue weighted by atomic mass is 79.9. The third-order valence-corrected chi connectivity index (χ3v) is 3.36. The largest absolute Gasteiger partial charge is 0.323 e. The molecule has 0 saturated heterocycles. The van der Waals surface area contributed by atoms with Crippen molar-refractivity contribution in [3.05, 3.63) is 58.1 Å². The van der Waals surface area contributed by atoms with Crippen LogP contribution in [0.1, 0.15) is 11.1 Å². The van der Waals surface area contributed by atoms with Crippen molar-refractivity contribution in [1.82, 2.24) is 9.97 Å². The summed E-state index contributed by atoms with van der Waals surface area (Å²) in [5.41, 5.74) is 7.05. The second kappa shape index (κ2) is 5.46. The van der Waals surface area contributed by atoms with E-state index >= 15 is 0 Å². The van der Waals surface area contributed by atoms with Crippen LogP contribution in [0.25, 0.3) is 11.0 Å². The van der Waals surface area contributed by atoms with Gasteiger partial charge in [-0.15, -0.1) is 0 Å². The number of nitrogens with one attached hydrogen (secondary N) is 2. The number of nitrogens with zero attached hydrogens (tertiary/aromatic N) is 2. The average Bonchev–Trinajstić information content (AvgIpc) is 2.80. The van der Waals surface area contributed by atoms with Crippen LogP contribution in [-0.4, -0.2) is 16.2 Å². The van der Waals surface area contributed by atoms with Crippen LogP contribution in [0, 0.1) is 6.92 Å². The van der Waals surface area contributed by atoms with Gasteiger partial charge in [0.05, 0.1) is 17.2 Å². The topological polar surface area (TPSA) is 53.1 Å². The van der Waals surface area contributed by atoms with Gasteiger partial charge >= 0.3 is 0 Å². The third kappa shape index (κ3) is 2.88. The number of H-pyrrole nitrogens is 1. The zero-order chi connectivity index (χ0) is 13.9. The molecule has 0 atom stereocenters. The van der Waals surface area contributed by atoms with Gasteiger partial charge in [-0.1, -0.05) is 34.1 Å². The van der Waals surface area contributed by atoms with Crippen LogP contribution < -0.4 is 5.43 Å². The van der Waals surface area contributed by atoms with Crippen molar-refractivity contribution in [1.29, 1.82) is 0 Å². The predicted molar refractivity (Wildman–Crippen MR) is 86.2 cm³/mol. The Hall–Kier alpha value is -2.14. The number of benzene rings is 2. The van der Waals surface area contributed by atoms with Gasteiger partial charge in [-0.3, -0.25) is 0 Å². The van der Waals surface area contributed by atoms with Crippen molar-refractivity contribution in [2.75, 3.05) is 5.43 Å². The lowest BCUT2D eigenvalue weighted by Gasteiger charge is -1.95. The summed E-state index contributed by atoms with van der Waals surface area (Å²) in [6.07, 6.45) is 1.75. The van der Waals surface area contributed by atoms with Gasteiger partial charge in [-0.25, -0.2) is 10.4 Å². The lowest BCUT2D eigenvalue weighted by molar-refractivity contribution is 1.21. The second-order valence-electron chi connectivity index (χ2n) is 4.53. The summed E-state index contributed by atoms with van der Waals surface area (Å²) in [7, 11) is 0. The first kappa shape index (κ1) is 12.9. The number of imidazole rings is 1.